The number of fused-ring (bicyclic) bond motifs is 9. The molecule has 0 aromatic heterocycles. The maximum absolute atomic E-state index is 2.55. The zero-order valence-corrected chi connectivity index (χ0v) is 34.1. The molecule has 0 saturated heterocycles. The molecule has 0 radical (unpaired) electrons. The van der Waals surface area contributed by atoms with Crippen molar-refractivity contribution in [2.75, 3.05) is 4.90 Å². The van der Waals surface area contributed by atoms with Crippen LogP contribution in [0.25, 0.3) is 65.3 Å². The number of rotatable bonds is 6. The third-order valence-corrected chi connectivity index (χ3v) is 13.4. The van der Waals surface area contributed by atoms with Gasteiger partial charge in [-0.3, -0.25) is 0 Å². The van der Waals surface area contributed by atoms with Crippen LogP contribution in [-0.2, 0) is 5.41 Å². The molecule has 12 rings (SSSR count). The highest BCUT2D eigenvalue weighted by atomic mass is 15.1. The number of hydrogen-bond acceptors (Lipinski definition) is 1. The molecule has 0 aliphatic heterocycles. The molecule has 2 unspecified atom stereocenters. The third-order valence-electron chi connectivity index (χ3n) is 13.4. The fourth-order valence-corrected chi connectivity index (χ4v) is 10.9. The summed E-state index contributed by atoms with van der Waals surface area (Å²) >= 11 is 0. The molecule has 0 fully saturated rings. The fraction of sp³-hybridized carbons (Fsp3) is 0.0667. The van der Waals surface area contributed by atoms with Crippen LogP contribution < -0.4 is 4.90 Å². The first-order valence-corrected chi connectivity index (χ1v) is 21.6. The number of benzene rings is 10. The van der Waals surface area contributed by atoms with Crippen molar-refractivity contribution in [1.82, 2.24) is 0 Å². The van der Waals surface area contributed by atoms with Gasteiger partial charge in [-0.25, -0.2) is 0 Å². The minimum absolute atomic E-state index is 0.443. The molecule has 0 amide bonds. The van der Waals surface area contributed by atoms with Crippen molar-refractivity contribution < 1.29 is 0 Å². The van der Waals surface area contributed by atoms with Gasteiger partial charge in [0.1, 0.15) is 0 Å². The van der Waals surface area contributed by atoms with E-state index in [1.165, 1.54) is 93.3 Å². The molecule has 0 heterocycles. The molecule has 10 aromatic rings. The highest BCUT2D eigenvalue weighted by Crippen LogP contribution is 2.61. The SMILES string of the molecule is CC1C=CC=C(C2(c3ccccc3)c3ccccc3-c3c(N(c4ccc(-c5cc6ccccc6c6ccccc56)cc4)c4cc5ccccc5c5ccccc45)cccc32)C1. The molecular formula is C60H43N. The van der Waals surface area contributed by atoms with Crippen LogP contribution in [0.3, 0.4) is 0 Å². The van der Waals surface area contributed by atoms with E-state index in [1.54, 1.807) is 0 Å². The quantitative estimate of drug-likeness (QED) is 0.152. The Kier molecular flexibility index (Phi) is 8.18. The van der Waals surface area contributed by atoms with Crippen molar-refractivity contribution in [3.8, 4) is 22.3 Å². The monoisotopic (exact) mass is 777 g/mol. The van der Waals surface area contributed by atoms with Crippen molar-refractivity contribution >= 4 is 60.2 Å². The third kappa shape index (κ3) is 5.40. The van der Waals surface area contributed by atoms with Gasteiger partial charge in [0.15, 0.2) is 0 Å². The van der Waals surface area contributed by atoms with E-state index in [9.17, 15) is 0 Å². The van der Waals surface area contributed by atoms with Crippen LogP contribution in [0.5, 0.6) is 0 Å². The smallest absolute Gasteiger partial charge is 0.0677 e. The van der Waals surface area contributed by atoms with E-state index in [0.717, 1.165) is 17.8 Å². The van der Waals surface area contributed by atoms with E-state index in [1.807, 2.05) is 0 Å². The average Bonchev–Trinajstić information content (AvgIpc) is 3.64. The summed E-state index contributed by atoms with van der Waals surface area (Å²) in [5.41, 5.74) is 13.4. The lowest BCUT2D eigenvalue weighted by atomic mass is 9.64. The Morgan fingerprint density at radius 1 is 0.459 bits per heavy atom. The minimum Gasteiger partial charge on any atom is -0.309 e. The van der Waals surface area contributed by atoms with Gasteiger partial charge < -0.3 is 4.90 Å². The van der Waals surface area contributed by atoms with E-state index in [0.29, 0.717) is 5.92 Å². The second-order valence-corrected chi connectivity index (χ2v) is 16.9. The second-order valence-electron chi connectivity index (χ2n) is 16.9. The Labute approximate surface area is 357 Å². The summed E-state index contributed by atoms with van der Waals surface area (Å²) in [4.78, 5) is 2.55. The largest absolute Gasteiger partial charge is 0.309 e. The molecule has 1 nitrogen and oxygen atoms in total. The van der Waals surface area contributed by atoms with E-state index in [-0.39, 0.29) is 0 Å². The van der Waals surface area contributed by atoms with Gasteiger partial charge in [-0.05, 0) is 114 Å². The van der Waals surface area contributed by atoms with E-state index in [2.05, 4.69) is 236 Å². The molecule has 0 saturated carbocycles. The van der Waals surface area contributed by atoms with Gasteiger partial charge >= 0.3 is 0 Å². The Hall–Kier alpha value is -7.48. The fourth-order valence-electron chi connectivity index (χ4n) is 10.9. The maximum Gasteiger partial charge on any atom is 0.0677 e. The number of anilines is 3. The molecule has 10 aromatic carbocycles. The summed E-state index contributed by atoms with van der Waals surface area (Å²) < 4.78 is 0. The number of hydrogen-bond donors (Lipinski definition) is 0. The average molecular weight is 778 g/mol. The summed E-state index contributed by atoms with van der Waals surface area (Å²) in [7, 11) is 0. The molecule has 0 bridgehead atoms. The van der Waals surface area contributed by atoms with Gasteiger partial charge in [0.05, 0.1) is 16.8 Å². The summed E-state index contributed by atoms with van der Waals surface area (Å²) in [6.07, 6.45) is 8.02. The molecule has 2 aliphatic carbocycles. The summed E-state index contributed by atoms with van der Waals surface area (Å²) in [6, 6.07) is 76.9. The summed E-state index contributed by atoms with van der Waals surface area (Å²) in [5, 5.41) is 10.0. The van der Waals surface area contributed by atoms with Crippen molar-refractivity contribution in [2.45, 2.75) is 18.8 Å². The highest BCUT2D eigenvalue weighted by Gasteiger charge is 2.48. The van der Waals surface area contributed by atoms with Crippen LogP contribution in [0.2, 0.25) is 0 Å². The lowest BCUT2D eigenvalue weighted by Crippen LogP contribution is -2.31. The van der Waals surface area contributed by atoms with E-state index < -0.39 is 5.41 Å². The normalized spacial score (nSPS) is 16.8. The Bertz CT molecular complexity index is 3410. The van der Waals surface area contributed by atoms with Crippen LogP contribution in [-0.4, -0.2) is 0 Å². The Morgan fingerprint density at radius 2 is 1.05 bits per heavy atom. The van der Waals surface area contributed by atoms with E-state index in [4.69, 9.17) is 0 Å². The highest BCUT2D eigenvalue weighted by molar-refractivity contribution is 6.16. The van der Waals surface area contributed by atoms with Gasteiger partial charge in [-0.15, -0.1) is 0 Å². The first kappa shape index (κ1) is 35.5. The van der Waals surface area contributed by atoms with Crippen LogP contribution in [0, 0.1) is 5.92 Å². The second kappa shape index (κ2) is 14.1. The number of nitrogens with zero attached hydrogens (tertiary/aromatic N) is 1. The summed E-state index contributed by atoms with van der Waals surface area (Å²) in [5.74, 6) is 0.443. The summed E-state index contributed by atoms with van der Waals surface area (Å²) in [6.45, 7) is 2.34. The van der Waals surface area contributed by atoms with Crippen LogP contribution in [0.1, 0.15) is 30.0 Å². The van der Waals surface area contributed by atoms with Crippen LogP contribution in [0.4, 0.5) is 17.1 Å². The molecule has 1 heteroatoms. The van der Waals surface area contributed by atoms with Gasteiger partial charge in [0, 0.05) is 16.6 Å². The molecule has 0 spiro atoms. The first-order chi connectivity index (χ1) is 30.2. The van der Waals surface area contributed by atoms with E-state index >= 15 is 0 Å². The topological polar surface area (TPSA) is 3.24 Å². The zero-order chi connectivity index (χ0) is 40.5. The molecule has 61 heavy (non-hydrogen) atoms. The lowest BCUT2D eigenvalue weighted by Gasteiger charge is -2.38. The van der Waals surface area contributed by atoms with Crippen LogP contribution in [0.15, 0.2) is 230 Å². The van der Waals surface area contributed by atoms with Gasteiger partial charge in [0.2, 0.25) is 0 Å². The Morgan fingerprint density at radius 3 is 1.79 bits per heavy atom. The molecule has 288 valence electrons. The Balaban J connectivity index is 1.14. The van der Waals surface area contributed by atoms with Crippen molar-refractivity contribution in [2.24, 2.45) is 5.92 Å². The van der Waals surface area contributed by atoms with Gasteiger partial charge in [-0.2, -0.15) is 0 Å². The molecular weight excluding hydrogens is 735 g/mol. The predicted molar refractivity (Wildman–Crippen MR) is 259 cm³/mol. The maximum atomic E-state index is 2.55. The van der Waals surface area contributed by atoms with Crippen molar-refractivity contribution in [1.29, 1.82) is 0 Å². The lowest BCUT2D eigenvalue weighted by molar-refractivity contribution is 0.615. The minimum atomic E-state index is -0.444. The van der Waals surface area contributed by atoms with Gasteiger partial charge in [-0.1, -0.05) is 207 Å². The molecule has 2 aliphatic rings. The zero-order valence-electron chi connectivity index (χ0n) is 34.1. The standard InChI is InChI=1S/C60H43N/c1-40-17-15-22-45(37-40)60(44-20-3-2-4-21-44)55-30-14-13-29-53(55)59-56(60)31-16-32-57(59)61(58-39-43-19-6-8-24-48(43)50-26-11-12-28-52(50)58)46-35-33-41(34-36-46)54-38-42-18-5-7-23-47(42)49-25-9-10-27-51(49)54/h2-36,38-40H,37H2,1H3. The predicted octanol–water partition coefficient (Wildman–Crippen LogP) is 16.3. The molecule has 0 N–H and O–H groups in total. The van der Waals surface area contributed by atoms with Crippen molar-refractivity contribution in [3.63, 3.8) is 0 Å². The number of allylic oxidation sites excluding steroid dienone is 4. The van der Waals surface area contributed by atoms with Crippen LogP contribution >= 0.6 is 0 Å². The first-order valence-electron chi connectivity index (χ1n) is 21.6. The van der Waals surface area contributed by atoms with Gasteiger partial charge in [0.25, 0.3) is 0 Å². The van der Waals surface area contributed by atoms with Crippen molar-refractivity contribution in [3.05, 3.63) is 247 Å². The molecule has 2 atom stereocenters.